The molecule has 0 spiro atoms. The molecule has 0 aliphatic heterocycles. The molecule has 0 aromatic heterocycles. The molecule has 0 heterocycles. The Morgan fingerprint density at radius 3 is 2.71 bits per heavy atom. The maximum atomic E-state index is 11.7. The van der Waals surface area contributed by atoms with Gasteiger partial charge in [0.15, 0.2) is 0 Å². The highest BCUT2D eigenvalue weighted by Gasteiger charge is 2.20. The zero-order valence-corrected chi connectivity index (χ0v) is 11.6. The Morgan fingerprint density at radius 1 is 1.41 bits per heavy atom. The van der Waals surface area contributed by atoms with Crippen molar-refractivity contribution in [2.45, 2.75) is 45.2 Å². The average molecular weight is 264 g/mol. The highest BCUT2D eigenvalue weighted by atomic mass is 32.2. The van der Waals surface area contributed by atoms with Gasteiger partial charge in [-0.2, -0.15) is 0 Å². The van der Waals surface area contributed by atoms with E-state index in [4.69, 9.17) is 4.74 Å². The van der Waals surface area contributed by atoms with Crippen molar-refractivity contribution in [3.8, 4) is 0 Å². The molecule has 6 heteroatoms. The maximum Gasteiger partial charge on any atom is 0.211 e. The second-order valence-corrected chi connectivity index (χ2v) is 6.45. The van der Waals surface area contributed by atoms with Crippen molar-refractivity contribution in [3.63, 3.8) is 0 Å². The number of hydrogen-bond donors (Lipinski definition) is 2. The molecule has 1 saturated carbocycles. The Bertz CT molecular complexity index is 302. The van der Waals surface area contributed by atoms with Crippen molar-refractivity contribution in [1.29, 1.82) is 0 Å². The van der Waals surface area contributed by atoms with E-state index in [9.17, 15) is 8.42 Å². The molecule has 0 bridgehead atoms. The standard InChI is InChI=1S/C11H24N2O3S/c1-3-16-9-10(2)13-17(14,15)8-4-7-12-11-5-6-11/h10-13H,3-9H2,1-2H3. The van der Waals surface area contributed by atoms with E-state index in [0.717, 1.165) is 6.54 Å². The molecule has 1 unspecified atom stereocenters. The quantitative estimate of drug-likeness (QED) is 0.563. The predicted octanol–water partition coefficient (Wildman–Crippen LogP) is 0.473. The molecule has 0 aromatic carbocycles. The molecule has 5 nitrogen and oxygen atoms in total. The third-order valence-corrected chi connectivity index (χ3v) is 4.14. The van der Waals surface area contributed by atoms with Gasteiger partial charge in [0.1, 0.15) is 0 Å². The lowest BCUT2D eigenvalue weighted by atomic mass is 10.4. The Morgan fingerprint density at radius 2 is 2.12 bits per heavy atom. The molecule has 0 radical (unpaired) electrons. The van der Waals surface area contributed by atoms with Crippen molar-refractivity contribution in [1.82, 2.24) is 10.0 Å². The number of sulfonamides is 1. The van der Waals surface area contributed by atoms with E-state index in [1.807, 2.05) is 13.8 Å². The molecule has 0 aromatic rings. The fraction of sp³-hybridized carbons (Fsp3) is 1.00. The van der Waals surface area contributed by atoms with E-state index >= 15 is 0 Å². The van der Waals surface area contributed by atoms with Crippen molar-refractivity contribution in [2.24, 2.45) is 0 Å². The van der Waals surface area contributed by atoms with Crippen molar-refractivity contribution >= 4 is 10.0 Å². The van der Waals surface area contributed by atoms with E-state index in [1.54, 1.807) is 0 Å². The predicted molar refractivity (Wildman–Crippen MR) is 68.5 cm³/mol. The first-order chi connectivity index (χ1) is 8.03. The summed E-state index contributed by atoms with van der Waals surface area (Å²) in [7, 11) is -3.16. The van der Waals surface area contributed by atoms with Crippen LogP contribution in [-0.2, 0) is 14.8 Å². The van der Waals surface area contributed by atoms with Gasteiger partial charge in [0.2, 0.25) is 10.0 Å². The molecular formula is C11H24N2O3S. The second kappa shape index (κ2) is 7.31. The second-order valence-electron chi connectivity index (χ2n) is 4.58. The van der Waals surface area contributed by atoms with Gasteiger partial charge in [0.25, 0.3) is 0 Å². The fourth-order valence-electron chi connectivity index (χ4n) is 1.55. The molecule has 0 amide bonds. The highest BCUT2D eigenvalue weighted by molar-refractivity contribution is 7.89. The molecule has 17 heavy (non-hydrogen) atoms. The molecule has 1 atom stereocenters. The minimum Gasteiger partial charge on any atom is -0.380 e. The summed E-state index contributed by atoms with van der Waals surface area (Å²) in [4.78, 5) is 0. The molecule has 1 aliphatic rings. The number of hydrogen-bond acceptors (Lipinski definition) is 4. The Balaban J connectivity index is 2.10. The first-order valence-electron chi connectivity index (χ1n) is 6.34. The molecule has 0 saturated heterocycles. The zero-order valence-electron chi connectivity index (χ0n) is 10.7. The summed E-state index contributed by atoms with van der Waals surface area (Å²) in [5, 5.41) is 3.30. The third kappa shape index (κ3) is 7.70. The van der Waals surface area contributed by atoms with E-state index in [-0.39, 0.29) is 11.8 Å². The van der Waals surface area contributed by atoms with Crippen LogP contribution in [0.15, 0.2) is 0 Å². The van der Waals surface area contributed by atoms with Crippen molar-refractivity contribution in [2.75, 3.05) is 25.5 Å². The normalized spacial score (nSPS) is 18.2. The summed E-state index contributed by atoms with van der Waals surface area (Å²) >= 11 is 0. The van der Waals surface area contributed by atoms with Crippen LogP contribution >= 0.6 is 0 Å². The topological polar surface area (TPSA) is 67.4 Å². The van der Waals surface area contributed by atoms with E-state index in [2.05, 4.69) is 10.0 Å². The Hall–Kier alpha value is -0.170. The van der Waals surface area contributed by atoms with Crippen molar-refractivity contribution < 1.29 is 13.2 Å². The summed E-state index contributed by atoms with van der Waals surface area (Å²) < 4.78 is 31.1. The van der Waals surface area contributed by atoms with Crippen LogP contribution in [0.5, 0.6) is 0 Å². The van der Waals surface area contributed by atoms with Crippen LogP contribution in [0.2, 0.25) is 0 Å². The van der Waals surface area contributed by atoms with Gasteiger partial charge in [-0.3, -0.25) is 0 Å². The number of rotatable bonds is 10. The summed E-state index contributed by atoms with van der Waals surface area (Å²) in [6.07, 6.45) is 3.12. The lowest BCUT2D eigenvalue weighted by Gasteiger charge is -2.14. The minimum atomic E-state index is -3.16. The minimum absolute atomic E-state index is 0.156. The molecule has 1 aliphatic carbocycles. The number of ether oxygens (including phenoxy) is 1. The van der Waals surface area contributed by atoms with Gasteiger partial charge in [0.05, 0.1) is 12.4 Å². The van der Waals surface area contributed by atoms with Gasteiger partial charge in [0, 0.05) is 18.7 Å². The van der Waals surface area contributed by atoms with Gasteiger partial charge in [-0.05, 0) is 39.7 Å². The summed E-state index contributed by atoms with van der Waals surface area (Å²) in [5.74, 6) is 0.184. The van der Waals surface area contributed by atoms with Crippen LogP contribution < -0.4 is 10.0 Å². The van der Waals surface area contributed by atoms with Gasteiger partial charge in [-0.25, -0.2) is 13.1 Å². The van der Waals surface area contributed by atoms with Crippen molar-refractivity contribution in [3.05, 3.63) is 0 Å². The number of nitrogens with one attached hydrogen (secondary N) is 2. The highest BCUT2D eigenvalue weighted by Crippen LogP contribution is 2.18. The largest absolute Gasteiger partial charge is 0.380 e. The zero-order chi connectivity index (χ0) is 12.7. The molecule has 1 rings (SSSR count). The van der Waals surface area contributed by atoms with E-state index in [0.29, 0.717) is 25.7 Å². The third-order valence-electron chi connectivity index (χ3n) is 2.55. The molecule has 1 fully saturated rings. The van der Waals surface area contributed by atoms with E-state index < -0.39 is 10.0 Å². The first kappa shape index (κ1) is 14.9. The molecule has 2 N–H and O–H groups in total. The molecular weight excluding hydrogens is 240 g/mol. The van der Waals surface area contributed by atoms with Crippen LogP contribution in [0.1, 0.15) is 33.1 Å². The lowest BCUT2D eigenvalue weighted by molar-refractivity contribution is 0.133. The average Bonchev–Trinajstić information content (AvgIpc) is 3.05. The molecule has 102 valence electrons. The van der Waals surface area contributed by atoms with Crippen LogP contribution in [0, 0.1) is 0 Å². The summed E-state index contributed by atoms with van der Waals surface area (Å²) in [6, 6.07) is 0.485. The van der Waals surface area contributed by atoms with Crippen LogP contribution in [0.4, 0.5) is 0 Å². The Kier molecular flexibility index (Phi) is 6.40. The summed E-state index contributed by atoms with van der Waals surface area (Å²) in [5.41, 5.74) is 0. The lowest BCUT2D eigenvalue weighted by Crippen LogP contribution is -2.38. The SMILES string of the molecule is CCOCC(C)NS(=O)(=O)CCCNC1CC1. The monoisotopic (exact) mass is 264 g/mol. The first-order valence-corrected chi connectivity index (χ1v) is 8.00. The van der Waals surface area contributed by atoms with Crippen LogP contribution in [-0.4, -0.2) is 46.0 Å². The maximum absolute atomic E-state index is 11.7. The van der Waals surface area contributed by atoms with Crippen LogP contribution in [0.3, 0.4) is 0 Å². The smallest absolute Gasteiger partial charge is 0.211 e. The van der Waals surface area contributed by atoms with E-state index in [1.165, 1.54) is 12.8 Å². The Labute approximate surface area is 104 Å². The van der Waals surface area contributed by atoms with Crippen LogP contribution in [0.25, 0.3) is 0 Å². The van der Waals surface area contributed by atoms with Gasteiger partial charge >= 0.3 is 0 Å². The van der Waals surface area contributed by atoms with Gasteiger partial charge < -0.3 is 10.1 Å². The summed E-state index contributed by atoms with van der Waals surface area (Å²) in [6.45, 7) is 5.53. The van der Waals surface area contributed by atoms with Gasteiger partial charge in [-0.15, -0.1) is 0 Å². The van der Waals surface area contributed by atoms with Gasteiger partial charge in [-0.1, -0.05) is 0 Å². The fourth-order valence-corrected chi connectivity index (χ4v) is 2.87.